The zero-order valence-corrected chi connectivity index (χ0v) is 16.4. The Hall–Kier alpha value is -1.36. The van der Waals surface area contributed by atoms with Crippen molar-refractivity contribution in [2.75, 3.05) is 7.11 Å². The molecular formula is C21H27BrN2O. The van der Waals surface area contributed by atoms with E-state index < -0.39 is 0 Å². The van der Waals surface area contributed by atoms with Crippen molar-refractivity contribution in [2.45, 2.75) is 50.9 Å². The van der Waals surface area contributed by atoms with Crippen LogP contribution in [-0.2, 0) is 13.1 Å². The number of hydrogen-bond acceptors (Lipinski definition) is 3. The van der Waals surface area contributed by atoms with E-state index in [1.54, 1.807) is 7.11 Å². The molecule has 0 saturated heterocycles. The van der Waals surface area contributed by atoms with Crippen LogP contribution in [0.1, 0.15) is 36.8 Å². The summed E-state index contributed by atoms with van der Waals surface area (Å²) in [6.07, 6.45) is 4.60. The number of nitrogens with zero attached hydrogens (tertiary/aromatic N) is 1. The average molecular weight is 403 g/mol. The van der Waals surface area contributed by atoms with Gasteiger partial charge in [0.1, 0.15) is 5.75 Å². The van der Waals surface area contributed by atoms with Gasteiger partial charge in [-0.15, -0.1) is 0 Å². The van der Waals surface area contributed by atoms with Crippen molar-refractivity contribution in [3.8, 4) is 5.75 Å². The number of benzene rings is 2. The Morgan fingerprint density at radius 2 is 1.64 bits per heavy atom. The van der Waals surface area contributed by atoms with Gasteiger partial charge in [0.25, 0.3) is 0 Å². The predicted molar refractivity (Wildman–Crippen MR) is 107 cm³/mol. The van der Waals surface area contributed by atoms with Crippen molar-refractivity contribution < 1.29 is 4.74 Å². The van der Waals surface area contributed by atoms with E-state index in [1.165, 1.54) is 24.0 Å². The van der Waals surface area contributed by atoms with E-state index in [0.717, 1.165) is 36.2 Å². The van der Waals surface area contributed by atoms with Crippen LogP contribution in [-0.4, -0.2) is 24.1 Å². The van der Waals surface area contributed by atoms with Gasteiger partial charge < -0.3 is 10.5 Å². The smallest absolute Gasteiger partial charge is 0.119 e. The van der Waals surface area contributed by atoms with Gasteiger partial charge in [-0.3, -0.25) is 4.90 Å². The van der Waals surface area contributed by atoms with Crippen molar-refractivity contribution in [1.29, 1.82) is 0 Å². The molecule has 0 aromatic heterocycles. The minimum atomic E-state index is 0.376. The maximum atomic E-state index is 6.12. The predicted octanol–water partition coefficient (Wildman–Crippen LogP) is 4.73. The molecule has 4 heteroatoms. The summed E-state index contributed by atoms with van der Waals surface area (Å²) in [6, 6.07) is 18.0. The highest BCUT2D eigenvalue weighted by Crippen LogP contribution is 2.26. The van der Waals surface area contributed by atoms with Gasteiger partial charge in [0, 0.05) is 29.6 Å². The van der Waals surface area contributed by atoms with Crippen LogP contribution in [0.5, 0.6) is 5.75 Å². The summed E-state index contributed by atoms with van der Waals surface area (Å²) >= 11 is 3.59. The molecule has 1 aliphatic rings. The molecule has 2 aromatic rings. The lowest BCUT2D eigenvalue weighted by Crippen LogP contribution is -2.40. The molecule has 2 aromatic carbocycles. The fraction of sp³-hybridized carbons (Fsp3) is 0.429. The van der Waals surface area contributed by atoms with Crippen LogP contribution >= 0.6 is 15.9 Å². The summed E-state index contributed by atoms with van der Waals surface area (Å²) in [5, 5.41) is 0. The van der Waals surface area contributed by atoms with E-state index in [2.05, 4.69) is 63.3 Å². The van der Waals surface area contributed by atoms with Gasteiger partial charge in [-0.25, -0.2) is 0 Å². The second-order valence-corrected chi connectivity index (χ2v) is 7.87. The fourth-order valence-corrected chi connectivity index (χ4v) is 4.10. The average Bonchev–Trinajstić information content (AvgIpc) is 2.62. The maximum Gasteiger partial charge on any atom is 0.119 e. The zero-order chi connectivity index (χ0) is 17.6. The Kier molecular flexibility index (Phi) is 6.51. The summed E-state index contributed by atoms with van der Waals surface area (Å²) in [6.45, 7) is 1.89. The van der Waals surface area contributed by atoms with Crippen LogP contribution in [0.15, 0.2) is 53.0 Å². The van der Waals surface area contributed by atoms with Crippen molar-refractivity contribution in [1.82, 2.24) is 4.90 Å². The van der Waals surface area contributed by atoms with Gasteiger partial charge in [0.15, 0.2) is 0 Å². The van der Waals surface area contributed by atoms with Gasteiger partial charge in [-0.2, -0.15) is 0 Å². The van der Waals surface area contributed by atoms with Crippen molar-refractivity contribution in [3.63, 3.8) is 0 Å². The molecule has 0 bridgehead atoms. The molecule has 0 unspecified atom stereocenters. The van der Waals surface area contributed by atoms with Gasteiger partial charge in [-0.05, 0) is 61.1 Å². The summed E-state index contributed by atoms with van der Waals surface area (Å²) in [5.41, 5.74) is 8.75. The molecule has 25 heavy (non-hydrogen) atoms. The Balaban J connectivity index is 1.78. The zero-order valence-electron chi connectivity index (χ0n) is 14.8. The lowest BCUT2D eigenvalue weighted by molar-refractivity contribution is 0.134. The van der Waals surface area contributed by atoms with E-state index in [0.29, 0.717) is 12.1 Å². The monoisotopic (exact) mass is 402 g/mol. The number of nitrogens with two attached hydrogens (primary N) is 1. The highest BCUT2D eigenvalue weighted by Gasteiger charge is 2.24. The first kappa shape index (κ1) is 18.4. The fourth-order valence-electron chi connectivity index (χ4n) is 3.66. The molecular weight excluding hydrogens is 376 g/mol. The summed E-state index contributed by atoms with van der Waals surface area (Å²) in [4.78, 5) is 2.60. The normalized spacial score (nSPS) is 20.6. The molecule has 1 saturated carbocycles. The third kappa shape index (κ3) is 5.30. The molecule has 0 aliphatic heterocycles. The van der Waals surface area contributed by atoms with Crippen molar-refractivity contribution in [3.05, 3.63) is 64.1 Å². The quantitative estimate of drug-likeness (QED) is 0.758. The van der Waals surface area contributed by atoms with Crippen molar-refractivity contribution >= 4 is 15.9 Å². The minimum absolute atomic E-state index is 0.376. The van der Waals surface area contributed by atoms with Gasteiger partial charge in [0.2, 0.25) is 0 Å². The maximum absolute atomic E-state index is 6.12. The molecule has 134 valence electrons. The van der Waals surface area contributed by atoms with E-state index in [4.69, 9.17) is 10.5 Å². The van der Waals surface area contributed by atoms with Crippen LogP contribution in [0.4, 0.5) is 0 Å². The second-order valence-electron chi connectivity index (χ2n) is 6.96. The summed E-state index contributed by atoms with van der Waals surface area (Å²) in [5.74, 6) is 0.922. The molecule has 0 amide bonds. The molecule has 0 radical (unpaired) electrons. The van der Waals surface area contributed by atoms with E-state index in [9.17, 15) is 0 Å². The van der Waals surface area contributed by atoms with Crippen LogP contribution in [0.3, 0.4) is 0 Å². The molecule has 0 spiro atoms. The number of methoxy groups -OCH3 is 1. The van der Waals surface area contributed by atoms with E-state index in [-0.39, 0.29) is 0 Å². The Bertz CT molecular complexity index is 683. The molecule has 1 fully saturated rings. The number of ether oxygens (including phenoxy) is 1. The van der Waals surface area contributed by atoms with Crippen LogP contribution in [0, 0.1) is 0 Å². The van der Waals surface area contributed by atoms with Crippen LogP contribution in [0.25, 0.3) is 0 Å². The van der Waals surface area contributed by atoms with Crippen molar-refractivity contribution in [2.24, 2.45) is 5.73 Å². The standard InChI is InChI=1S/C21H27BrN2O/c1-25-21-7-3-5-17(13-21)15-24(20-10-8-19(23)9-11-20)14-16-4-2-6-18(22)12-16/h2-7,12-13,19-20H,8-11,14-15,23H2,1H3. The highest BCUT2D eigenvalue weighted by atomic mass is 79.9. The minimum Gasteiger partial charge on any atom is -0.497 e. The molecule has 1 aliphatic carbocycles. The second kappa shape index (κ2) is 8.84. The molecule has 0 atom stereocenters. The molecule has 3 rings (SSSR count). The van der Waals surface area contributed by atoms with E-state index in [1.807, 2.05) is 6.07 Å². The summed E-state index contributed by atoms with van der Waals surface area (Å²) in [7, 11) is 1.72. The largest absolute Gasteiger partial charge is 0.497 e. The van der Waals surface area contributed by atoms with Gasteiger partial charge in [-0.1, -0.05) is 40.2 Å². The molecule has 2 N–H and O–H groups in total. The van der Waals surface area contributed by atoms with Crippen LogP contribution < -0.4 is 10.5 Å². The van der Waals surface area contributed by atoms with Crippen LogP contribution in [0.2, 0.25) is 0 Å². The third-order valence-electron chi connectivity index (χ3n) is 5.05. The Labute approximate surface area is 159 Å². The lowest BCUT2D eigenvalue weighted by Gasteiger charge is -2.36. The lowest BCUT2D eigenvalue weighted by atomic mass is 9.90. The molecule has 3 nitrogen and oxygen atoms in total. The number of rotatable bonds is 6. The molecule has 0 heterocycles. The highest BCUT2D eigenvalue weighted by molar-refractivity contribution is 9.10. The Morgan fingerprint density at radius 3 is 2.28 bits per heavy atom. The van der Waals surface area contributed by atoms with Gasteiger partial charge >= 0.3 is 0 Å². The van der Waals surface area contributed by atoms with Gasteiger partial charge in [0.05, 0.1) is 7.11 Å². The summed E-state index contributed by atoms with van der Waals surface area (Å²) < 4.78 is 6.52. The first-order valence-corrected chi connectivity index (χ1v) is 9.80. The number of hydrogen-bond donors (Lipinski definition) is 1. The first-order valence-electron chi connectivity index (χ1n) is 9.01. The first-order chi connectivity index (χ1) is 12.1. The third-order valence-corrected chi connectivity index (χ3v) is 5.55. The topological polar surface area (TPSA) is 38.5 Å². The van der Waals surface area contributed by atoms with E-state index >= 15 is 0 Å². The Morgan fingerprint density at radius 1 is 1.00 bits per heavy atom. The number of halogens is 1. The SMILES string of the molecule is COc1cccc(CN(Cc2cccc(Br)c2)C2CCC(N)CC2)c1.